The summed E-state index contributed by atoms with van der Waals surface area (Å²) in [5.41, 5.74) is 2.55. The van der Waals surface area contributed by atoms with E-state index in [1.807, 2.05) is 30.9 Å². The zero-order valence-corrected chi connectivity index (χ0v) is 17.8. The molecule has 2 heterocycles. The molecule has 0 spiro atoms. The largest absolute Gasteiger partial charge is 0.428 e. The van der Waals surface area contributed by atoms with Gasteiger partial charge < -0.3 is 19.7 Å². The summed E-state index contributed by atoms with van der Waals surface area (Å²) in [6, 6.07) is 3.70. The maximum atomic E-state index is 13.1. The molecule has 1 aromatic carbocycles. The zero-order chi connectivity index (χ0) is 21.5. The van der Waals surface area contributed by atoms with Crippen molar-refractivity contribution in [2.75, 3.05) is 39.4 Å². The predicted octanol–water partition coefficient (Wildman–Crippen LogP) is 0.819. The zero-order valence-electron chi connectivity index (χ0n) is 17.8. The highest BCUT2D eigenvalue weighted by Gasteiger charge is 2.30. The summed E-state index contributed by atoms with van der Waals surface area (Å²) in [5.74, 6) is 0.474. The number of nitrogens with one attached hydrogen (secondary N) is 1. The lowest BCUT2D eigenvalue weighted by atomic mass is 9.99. The fourth-order valence-corrected chi connectivity index (χ4v) is 4.51. The first-order chi connectivity index (χ1) is 14.5. The number of hydrogen-bond donors (Lipinski definition) is 1. The number of carbonyl (C=O) groups is 3. The summed E-state index contributed by atoms with van der Waals surface area (Å²) in [7, 11) is 0. The van der Waals surface area contributed by atoms with Crippen molar-refractivity contribution in [1.82, 2.24) is 15.1 Å². The lowest BCUT2D eigenvalue weighted by Crippen LogP contribution is -2.56. The number of nitrogens with zero attached hydrogens (tertiary/aromatic N) is 2. The number of hydrogen-bond acceptors (Lipinski definition) is 6. The van der Waals surface area contributed by atoms with Gasteiger partial charge in [0, 0.05) is 51.9 Å². The van der Waals surface area contributed by atoms with Crippen LogP contribution in [0.5, 0.6) is 5.75 Å². The van der Waals surface area contributed by atoms with Gasteiger partial charge in [-0.3, -0.25) is 19.3 Å². The molecule has 30 heavy (non-hydrogen) atoms. The van der Waals surface area contributed by atoms with E-state index in [1.54, 1.807) is 0 Å². The minimum Gasteiger partial charge on any atom is -0.428 e. The monoisotopic (exact) mass is 417 g/mol. The first-order valence-electron chi connectivity index (χ1n) is 10.5. The van der Waals surface area contributed by atoms with Gasteiger partial charge in [0.2, 0.25) is 12.3 Å². The Morgan fingerprint density at radius 1 is 1.17 bits per heavy atom. The molecule has 2 aliphatic heterocycles. The Balaban J connectivity index is 1.62. The van der Waals surface area contributed by atoms with E-state index in [1.165, 1.54) is 0 Å². The standard InChI is InChI=1S/C22H31N3O5/c1-16-11-18(12-17(2)21(16)30-15-27)13-20(23-14-26)22(28)25-7-5-24(6-8-25)19-3-9-29-10-4-19/h11-12,14-15,19-20H,3-10,13H2,1-2H3,(H,23,26)/t20-/m1/s1. The topological polar surface area (TPSA) is 88.2 Å². The molecule has 1 atom stereocenters. The predicted molar refractivity (Wildman–Crippen MR) is 111 cm³/mol. The van der Waals surface area contributed by atoms with E-state index in [-0.39, 0.29) is 5.91 Å². The van der Waals surface area contributed by atoms with Crippen LogP contribution in [0.1, 0.15) is 29.5 Å². The SMILES string of the molecule is Cc1cc(C[C@@H](NC=O)C(=O)N2CCN(C3CCOCC3)CC2)cc(C)c1OC=O. The van der Waals surface area contributed by atoms with Gasteiger partial charge in [0.1, 0.15) is 11.8 Å². The minimum absolute atomic E-state index is 0.0581. The van der Waals surface area contributed by atoms with Crippen LogP contribution >= 0.6 is 0 Å². The summed E-state index contributed by atoms with van der Waals surface area (Å²) in [6.45, 7) is 8.77. The maximum absolute atomic E-state index is 13.1. The van der Waals surface area contributed by atoms with Gasteiger partial charge in [0.25, 0.3) is 6.47 Å². The van der Waals surface area contributed by atoms with Gasteiger partial charge in [-0.05, 0) is 43.4 Å². The van der Waals surface area contributed by atoms with Crippen molar-refractivity contribution in [2.24, 2.45) is 0 Å². The number of ether oxygens (including phenoxy) is 2. The van der Waals surface area contributed by atoms with Crippen LogP contribution in [0.3, 0.4) is 0 Å². The Hall–Kier alpha value is -2.45. The molecule has 8 heteroatoms. The number of rotatable bonds is 8. The van der Waals surface area contributed by atoms with Crippen LogP contribution in [0.25, 0.3) is 0 Å². The highest BCUT2D eigenvalue weighted by atomic mass is 16.5. The van der Waals surface area contributed by atoms with Gasteiger partial charge in [-0.25, -0.2) is 0 Å². The van der Waals surface area contributed by atoms with Crippen molar-refractivity contribution in [3.63, 3.8) is 0 Å². The molecule has 0 aromatic heterocycles. The summed E-state index contributed by atoms with van der Waals surface area (Å²) >= 11 is 0. The van der Waals surface area contributed by atoms with Gasteiger partial charge in [-0.2, -0.15) is 0 Å². The molecule has 2 amide bonds. The van der Waals surface area contributed by atoms with Gasteiger partial charge in [0.15, 0.2) is 0 Å². The molecule has 0 saturated carbocycles. The van der Waals surface area contributed by atoms with Gasteiger partial charge in [-0.1, -0.05) is 12.1 Å². The van der Waals surface area contributed by atoms with Crippen molar-refractivity contribution in [1.29, 1.82) is 0 Å². The number of benzene rings is 1. The summed E-state index contributed by atoms with van der Waals surface area (Å²) < 4.78 is 10.5. The van der Waals surface area contributed by atoms with Crippen LogP contribution in [0.15, 0.2) is 12.1 Å². The van der Waals surface area contributed by atoms with Crippen LogP contribution < -0.4 is 10.1 Å². The third-order valence-electron chi connectivity index (χ3n) is 6.03. The minimum atomic E-state index is -0.617. The van der Waals surface area contributed by atoms with Crippen molar-refractivity contribution < 1.29 is 23.9 Å². The molecule has 0 radical (unpaired) electrons. The van der Waals surface area contributed by atoms with Crippen molar-refractivity contribution in [2.45, 2.75) is 45.2 Å². The lowest BCUT2D eigenvalue weighted by Gasteiger charge is -2.41. The molecule has 8 nitrogen and oxygen atoms in total. The van der Waals surface area contributed by atoms with Gasteiger partial charge in [0.05, 0.1) is 0 Å². The second-order valence-corrected chi connectivity index (χ2v) is 8.02. The first kappa shape index (κ1) is 22.2. The average Bonchev–Trinajstić information content (AvgIpc) is 2.76. The van der Waals surface area contributed by atoms with Crippen molar-refractivity contribution in [3.8, 4) is 5.75 Å². The summed E-state index contributed by atoms with van der Waals surface area (Å²) in [5, 5.41) is 2.69. The van der Waals surface area contributed by atoms with Crippen molar-refractivity contribution in [3.05, 3.63) is 28.8 Å². The highest BCUT2D eigenvalue weighted by molar-refractivity contribution is 5.84. The molecule has 164 valence electrons. The van der Waals surface area contributed by atoms with E-state index in [0.29, 0.717) is 44.2 Å². The fourth-order valence-electron chi connectivity index (χ4n) is 4.51. The van der Waals surface area contributed by atoms with Gasteiger partial charge >= 0.3 is 0 Å². The van der Waals surface area contributed by atoms with Crippen LogP contribution in [0, 0.1) is 13.8 Å². The average molecular weight is 418 g/mol. The third-order valence-corrected chi connectivity index (χ3v) is 6.03. The summed E-state index contributed by atoms with van der Waals surface area (Å²) in [6.07, 6.45) is 3.07. The maximum Gasteiger partial charge on any atom is 0.298 e. The Bertz CT molecular complexity index is 732. The van der Waals surface area contributed by atoms with Crippen molar-refractivity contribution >= 4 is 18.8 Å². The van der Waals surface area contributed by atoms with E-state index < -0.39 is 6.04 Å². The molecule has 1 N–H and O–H groups in total. The Morgan fingerprint density at radius 3 is 2.37 bits per heavy atom. The molecule has 0 bridgehead atoms. The third kappa shape index (κ3) is 5.37. The van der Waals surface area contributed by atoms with E-state index >= 15 is 0 Å². The quantitative estimate of drug-likeness (QED) is 0.630. The Labute approximate surface area is 177 Å². The van der Waals surface area contributed by atoms with E-state index in [2.05, 4.69) is 10.2 Å². The lowest BCUT2D eigenvalue weighted by molar-refractivity contribution is -0.137. The van der Waals surface area contributed by atoms with E-state index in [9.17, 15) is 14.4 Å². The molecule has 0 aliphatic carbocycles. The Kier molecular flexibility index (Phi) is 7.81. The first-order valence-corrected chi connectivity index (χ1v) is 10.5. The molecular formula is C22H31N3O5. The van der Waals surface area contributed by atoms with Crippen LogP contribution in [-0.4, -0.2) is 80.1 Å². The van der Waals surface area contributed by atoms with Gasteiger partial charge in [-0.15, -0.1) is 0 Å². The molecule has 2 fully saturated rings. The fraction of sp³-hybridized carbons (Fsp3) is 0.591. The Morgan fingerprint density at radius 2 is 1.80 bits per heavy atom. The van der Waals surface area contributed by atoms with E-state index in [0.717, 1.165) is 55.8 Å². The molecule has 3 rings (SSSR count). The highest BCUT2D eigenvalue weighted by Crippen LogP contribution is 2.25. The number of carbonyl (C=O) groups excluding carboxylic acids is 3. The van der Waals surface area contributed by atoms with Crippen LogP contribution in [-0.2, 0) is 25.5 Å². The summed E-state index contributed by atoms with van der Waals surface area (Å²) in [4.78, 5) is 39.3. The van der Waals surface area contributed by atoms with Crippen LogP contribution in [0.4, 0.5) is 0 Å². The molecular weight excluding hydrogens is 386 g/mol. The van der Waals surface area contributed by atoms with E-state index in [4.69, 9.17) is 9.47 Å². The molecule has 1 aromatic rings. The number of aryl methyl sites for hydroxylation is 2. The second-order valence-electron chi connectivity index (χ2n) is 8.02. The molecule has 0 unspecified atom stereocenters. The number of piperazine rings is 1. The second kappa shape index (κ2) is 10.5. The molecule has 2 saturated heterocycles. The normalized spacial score (nSPS) is 19.2. The smallest absolute Gasteiger partial charge is 0.298 e. The van der Waals surface area contributed by atoms with Crippen LogP contribution in [0.2, 0.25) is 0 Å². The molecule has 2 aliphatic rings. The number of amides is 2.